The molecule has 3 aromatic rings. The molecule has 2 aromatic heterocycles. The minimum Gasteiger partial charge on any atom is -0.493 e. The molecular weight excluding hydrogens is 274 g/mol. The number of aryl methyl sites for hydroxylation is 1. The van der Waals surface area contributed by atoms with Crippen LogP contribution in [0.2, 0.25) is 0 Å². The summed E-state index contributed by atoms with van der Waals surface area (Å²) in [5.74, 6) is 1.92. The van der Waals surface area contributed by atoms with Gasteiger partial charge >= 0.3 is 0 Å². The second kappa shape index (κ2) is 6.62. The first-order valence-electron chi connectivity index (χ1n) is 7.62. The van der Waals surface area contributed by atoms with E-state index in [4.69, 9.17) is 15.5 Å². The summed E-state index contributed by atoms with van der Waals surface area (Å²) in [5, 5.41) is 0. The van der Waals surface area contributed by atoms with Gasteiger partial charge in [0.25, 0.3) is 0 Å². The summed E-state index contributed by atoms with van der Waals surface area (Å²) in [6.45, 7) is 3.29. The number of ether oxygens (including phenoxy) is 1. The zero-order chi connectivity index (χ0) is 15.4. The Bertz CT molecular complexity index is 747. The third-order valence-electron chi connectivity index (χ3n) is 3.69. The smallest absolute Gasteiger partial charge is 0.119 e. The van der Waals surface area contributed by atoms with Crippen LogP contribution >= 0.6 is 0 Å². The van der Waals surface area contributed by atoms with Gasteiger partial charge in [0.05, 0.1) is 17.8 Å². The van der Waals surface area contributed by atoms with Gasteiger partial charge in [-0.3, -0.25) is 0 Å². The molecule has 0 aliphatic rings. The number of pyridine rings is 1. The second-order valence-corrected chi connectivity index (χ2v) is 5.38. The van der Waals surface area contributed by atoms with Gasteiger partial charge < -0.3 is 14.9 Å². The van der Waals surface area contributed by atoms with Gasteiger partial charge in [0.2, 0.25) is 0 Å². The van der Waals surface area contributed by atoms with Crippen LogP contribution in [0.5, 0.6) is 5.75 Å². The predicted octanol–water partition coefficient (Wildman–Crippen LogP) is 2.77. The monoisotopic (exact) mass is 295 g/mol. The van der Waals surface area contributed by atoms with Gasteiger partial charge in [-0.2, -0.15) is 0 Å². The SMILES string of the molecule is Cc1ccc(OCCc2nc(CCN)c3ccccn23)cc1. The summed E-state index contributed by atoms with van der Waals surface area (Å²) < 4.78 is 7.93. The molecule has 0 atom stereocenters. The lowest BCUT2D eigenvalue weighted by Crippen LogP contribution is -2.05. The lowest BCUT2D eigenvalue weighted by atomic mass is 10.2. The molecule has 4 heteroatoms. The predicted molar refractivity (Wildman–Crippen MR) is 88.3 cm³/mol. The fourth-order valence-electron chi connectivity index (χ4n) is 2.56. The standard InChI is InChI=1S/C18H21N3O/c1-14-5-7-15(8-6-14)22-13-10-18-20-16(9-11-19)17-4-2-3-12-21(17)18/h2-8,12H,9-11,13,19H2,1H3. The topological polar surface area (TPSA) is 52.5 Å². The molecule has 0 bridgehead atoms. The number of imidazole rings is 1. The van der Waals surface area contributed by atoms with Gasteiger partial charge in [0.15, 0.2) is 0 Å². The summed E-state index contributed by atoms with van der Waals surface area (Å²) >= 11 is 0. The highest BCUT2D eigenvalue weighted by molar-refractivity contribution is 5.53. The third kappa shape index (κ3) is 3.12. The fourth-order valence-corrected chi connectivity index (χ4v) is 2.56. The van der Waals surface area contributed by atoms with Crippen molar-refractivity contribution in [1.82, 2.24) is 9.38 Å². The summed E-state index contributed by atoms with van der Waals surface area (Å²) in [4.78, 5) is 4.73. The van der Waals surface area contributed by atoms with Crippen molar-refractivity contribution in [3.63, 3.8) is 0 Å². The highest BCUT2D eigenvalue weighted by Crippen LogP contribution is 2.15. The molecule has 0 spiro atoms. The van der Waals surface area contributed by atoms with Gasteiger partial charge in [-0.1, -0.05) is 23.8 Å². The van der Waals surface area contributed by atoms with Crippen molar-refractivity contribution in [2.24, 2.45) is 5.73 Å². The van der Waals surface area contributed by atoms with E-state index < -0.39 is 0 Å². The summed E-state index contributed by atoms with van der Waals surface area (Å²) in [5.41, 5.74) is 9.11. The number of hydrogen-bond acceptors (Lipinski definition) is 3. The van der Waals surface area contributed by atoms with E-state index in [9.17, 15) is 0 Å². The second-order valence-electron chi connectivity index (χ2n) is 5.38. The van der Waals surface area contributed by atoms with E-state index >= 15 is 0 Å². The Kier molecular flexibility index (Phi) is 4.39. The molecule has 0 aliphatic carbocycles. The van der Waals surface area contributed by atoms with E-state index in [1.807, 2.05) is 30.5 Å². The van der Waals surface area contributed by atoms with Crippen molar-refractivity contribution in [2.45, 2.75) is 19.8 Å². The molecule has 0 saturated heterocycles. The van der Waals surface area contributed by atoms with Crippen LogP contribution < -0.4 is 10.5 Å². The van der Waals surface area contributed by atoms with Gasteiger partial charge in [-0.25, -0.2) is 4.98 Å². The third-order valence-corrected chi connectivity index (χ3v) is 3.69. The van der Waals surface area contributed by atoms with Crippen LogP contribution in [0.25, 0.3) is 5.52 Å². The van der Waals surface area contributed by atoms with Crippen LogP contribution in [-0.2, 0) is 12.8 Å². The quantitative estimate of drug-likeness (QED) is 0.761. The maximum atomic E-state index is 5.81. The number of benzene rings is 1. The molecule has 2 heterocycles. The van der Waals surface area contributed by atoms with E-state index in [0.717, 1.165) is 35.6 Å². The maximum Gasteiger partial charge on any atom is 0.119 e. The van der Waals surface area contributed by atoms with Crippen LogP contribution in [0.3, 0.4) is 0 Å². The Morgan fingerprint density at radius 1 is 1.09 bits per heavy atom. The largest absolute Gasteiger partial charge is 0.493 e. The lowest BCUT2D eigenvalue weighted by molar-refractivity contribution is 0.318. The van der Waals surface area contributed by atoms with E-state index in [0.29, 0.717) is 13.2 Å². The van der Waals surface area contributed by atoms with Crippen LogP contribution in [0.15, 0.2) is 48.7 Å². The van der Waals surface area contributed by atoms with Crippen LogP contribution in [-0.4, -0.2) is 22.5 Å². The van der Waals surface area contributed by atoms with Crippen LogP contribution in [0.1, 0.15) is 17.1 Å². The highest BCUT2D eigenvalue weighted by Gasteiger charge is 2.09. The number of aromatic nitrogens is 2. The number of nitrogens with two attached hydrogens (primary N) is 1. The Morgan fingerprint density at radius 3 is 2.68 bits per heavy atom. The number of hydrogen-bond donors (Lipinski definition) is 1. The molecule has 0 aliphatic heterocycles. The normalized spacial score (nSPS) is 11.0. The minimum atomic E-state index is 0.610. The van der Waals surface area contributed by atoms with Crippen LogP contribution in [0.4, 0.5) is 0 Å². The van der Waals surface area contributed by atoms with Gasteiger partial charge in [-0.15, -0.1) is 0 Å². The summed E-state index contributed by atoms with van der Waals surface area (Å²) in [6.07, 6.45) is 3.61. The van der Waals surface area contributed by atoms with Crippen molar-refractivity contribution in [2.75, 3.05) is 13.2 Å². The minimum absolute atomic E-state index is 0.610. The van der Waals surface area contributed by atoms with Crippen molar-refractivity contribution in [1.29, 1.82) is 0 Å². The molecule has 4 nitrogen and oxygen atoms in total. The molecule has 2 N–H and O–H groups in total. The van der Waals surface area contributed by atoms with E-state index in [-0.39, 0.29) is 0 Å². The van der Waals surface area contributed by atoms with Gasteiger partial charge in [0.1, 0.15) is 11.6 Å². The molecule has 0 fully saturated rings. The van der Waals surface area contributed by atoms with E-state index in [2.05, 4.69) is 29.5 Å². The van der Waals surface area contributed by atoms with Crippen molar-refractivity contribution < 1.29 is 4.74 Å². The van der Waals surface area contributed by atoms with E-state index in [1.165, 1.54) is 5.56 Å². The molecule has 22 heavy (non-hydrogen) atoms. The first-order valence-corrected chi connectivity index (χ1v) is 7.62. The van der Waals surface area contributed by atoms with Crippen molar-refractivity contribution in [3.8, 4) is 5.75 Å². The molecule has 0 saturated carbocycles. The number of nitrogens with zero attached hydrogens (tertiary/aromatic N) is 2. The molecule has 3 rings (SSSR count). The molecule has 0 unspecified atom stereocenters. The average Bonchev–Trinajstić information content (AvgIpc) is 2.88. The molecule has 1 aromatic carbocycles. The molecular formula is C18H21N3O. The average molecular weight is 295 g/mol. The Labute approximate surface area is 130 Å². The Hall–Kier alpha value is -2.33. The summed E-state index contributed by atoms with van der Waals surface area (Å²) in [7, 11) is 0. The van der Waals surface area contributed by atoms with Crippen LogP contribution in [0, 0.1) is 6.92 Å². The van der Waals surface area contributed by atoms with Crippen molar-refractivity contribution >= 4 is 5.52 Å². The highest BCUT2D eigenvalue weighted by atomic mass is 16.5. The van der Waals surface area contributed by atoms with Crippen molar-refractivity contribution in [3.05, 3.63) is 65.7 Å². The lowest BCUT2D eigenvalue weighted by Gasteiger charge is -2.06. The zero-order valence-corrected chi connectivity index (χ0v) is 12.8. The van der Waals surface area contributed by atoms with E-state index in [1.54, 1.807) is 0 Å². The molecule has 114 valence electrons. The number of rotatable bonds is 6. The fraction of sp³-hybridized carbons (Fsp3) is 0.278. The molecule has 0 amide bonds. The summed E-state index contributed by atoms with van der Waals surface area (Å²) in [6, 6.07) is 14.2. The molecule has 0 radical (unpaired) electrons. The Balaban J connectivity index is 1.72. The van der Waals surface area contributed by atoms with Gasteiger partial charge in [0, 0.05) is 19.0 Å². The first-order chi connectivity index (χ1) is 10.8. The Morgan fingerprint density at radius 2 is 1.91 bits per heavy atom. The van der Waals surface area contributed by atoms with Gasteiger partial charge in [-0.05, 0) is 37.7 Å². The maximum absolute atomic E-state index is 5.81. The number of fused-ring (bicyclic) bond motifs is 1. The zero-order valence-electron chi connectivity index (χ0n) is 12.8. The first kappa shape index (κ1) is 14.6.